The quantitative estimate of drug-likeness (QED) is 0.456. The summed E-state index contributed by atoms with van der Waals surface area (Å²) in [6.07, 6.45) is 6.02. The Morgan fingerprint density at radius 3 is 2.78 bits per heavy atom. The maximum Gasteiger partial charge on any atom is 0.287 e. The van der Waals surface area contributed by atoms with Crippen LogP contribution in [-0.4, -0.2) is 15.9 Å². The van der Waals surface area contributed by atoms with Crippen molar-refractivity contribution in [1.29, 1.82) is 0 Å². The van der Waals surface area contributed by atoms with Gasteiger partial charge in [-0.05, 0) is 25.8 Å². The average molecular weight is 251 g/mol. The third-order valence-corrected chi connectivity index (χ3v) is 2.90. The van der Waals surface area contributed by atoms with Gasteiger partial charge < -0.3 is 5.32 Å². The van der Waals surface area contributed by atoms with Crippen molar-refractivity contribution in [2.24, 2.45) is 0 Å². The Kier molecular flexibility index (Phi) is 5.55. The fraction of sp³-hybridized carbons (Fsp3) is 0.615. The van der Waals surface area contributed by atoms with Crippen LogP contribution in [0.25, 0.3) is 0 Å². The lowest BCUT2D eigenvalue weighted by atomic mass is 10.1. The molecule has 0 spiro atoms. The lowest BCUT2D eigenvalue weighted by molar-refractivity contribution is -0.385. The third kappa shape index (κ3) is 4.31. The molecule has 0 saturated heterocycles. The van der Waals surface area contributed by atoms with Crippen LogP contribution in [0.5, 0.6) is 0 Å². The van der Waals surface area contributed by atoms with E-state index in [-0.39, 0.29) is 5.69 Å². The molecule has 0 aromatic carbocycles. The first-order chi connectivity index (χ1) is 8.54. The monoisotopic (exact) mass is 251 g/mol. The molecule has 1 atom stereocenters. The summed E-state index contributed by atoms with van der Waals surface area (Å²) >= 11 is 0. The lowest BCUT2D eigenvalue weighted by Gasteiger charge is -2.15. The van der Waals surface area contributed by atoms with Gasteiger partial charge in [-0.3, -0.25) is 10.1 Å². The molecule has 1 heterocycles. The lowest BCUT2D eigenvalue weighted by Crippen LogP contribution is -2.16. The van der Waals surface area contributed by atoms with Crippen LogP contribution in [0.2, 0.25) is 0 Å². The number of nitrogens with zero attached hydrogens (tertiary/aromatic N) is 2. The first kappa shape index (κ1) is 14.4. The van der Waals surface area contributed by atoms with Gasteiger partial charge in [0, 0.05) is 12.1 Å². The van der Waals surface area contributed by atoms with Crippen LogP contribution in [0.1, 0.15) is 45.1 Å². The highest BCUT2D eigenvalue weighted by Gasteiger charge is 2.10. The summed E-state index contributed by atoms with van der Waals surface area (Å²) in [6.45, 7) is 6.12. The van der Waals surface area contributed by atoms with Gasteiger partial charge in [-0.1, -0.05) is 26.2 Å². The van der Waals surface area contributed by atoms with Gasteiger partial charge in [0.1, 0.15) is 12.0 Å². The van der Waals surface area contributed by atoms with E-state index in [1.807, 2.05) is 6.92 Å². The topological polar surface area (TPSA) is 68.1 Å². The van der Waals surface area contributed by atoms with Gasteiger partial charge in [-0.2, -0.15) is 0 Å². The molecule has 1 N–H and O–H groups in total. The van der Waals surface area contributed by atoms with Crippen molar-refractivity contribution in [2.45, 2.75) is 52.5 Å². The highest BCUT2D eigenvalue weighted by Crippen LogP contribution is 2.19. The van der Waals surface area contributed by atoms with Crippen molar-refractivity contribution in [3.8, 4) is 0 Å². The van der Waals surface area contributed by atoms with Crippen LogP contribution in [0, 0.1) is 17.0 Å². The normalized spacial score (nSPS) is 12.2. The Bertz CT molecular complexity index is 407. The fourth-order valence-corrected chi connectivity index (χ4v) is 1.82. The molecule has 0 radical (unpaired) electrons. The number of hydrogen-bond acceptors (Lipinski definition) is 4. The molecule has 1 unspecified atom stereocenters. The molecule has 0 aliphatic carbocycles. The molecule has 0 saturated carbocycles. The average Bonchev–Trinajstić information content (AvgIpc) is 2.32. The standard InChI is InChI=1S/C13H21N3O2/c1-4-5-6-7-11(3)15-13-10(2)8-12(9-14-13)16(17)18/h8-9,11H,4-7H2,1-3H3,(H,14,15). The molecule has 0 bridgehead atoms. The van der Waals surface area contributed by atoms with Gasteiger partial charge >= 0.3 is 0 Å². The van der Waals surface area contributed by atoms with Crippen molar-refractivity contribution >= 4 is 11.5 Å². The van der Waals surface area contributed by atoms with E-state index in [9.17, 15) is 10.1 Å². The summed E-state index contributed by atoms with van der Waals surface area (Å²) in [5.41, 5.74) is 0.850. The predicted octanol–water partition coefficient (Wildman–Crippen LogP) is 3.68. The van der Waals surface area contributed by atoms with E-state index >= 15 is 0 Å². The molecule has 100 valence electrons. The van der Waals surface area contributed by atoms with Crippen molar-refractivity contribution in [3.63, 3.8) is 0 Å². The largest absolute Gasteiger partial charge is 0.367 e. The number of aryl methyl sites for hydroxylation is 1. The Morgan fingerprint density at radius 2 is 2.22 bits per heavy atom. The summed E-state index contributed by atoms with van der Waals surface area (Å²) in [5.74, 6) is 0.740. The smallest absolute Gasteiger partial charge is 0.287 e. The van der Waals surface area contributed by atoms with Gasteiger partial charge in [-0.15, -0.1) is 0 Å². The molecule has 0 fully saturated rings. The van der Waals surface area contributed by atoms with E-state index < -0.39 is 4.92 Å². The van der Waals surface area contributed by atoms with Crippen LogP contribution < -0.4 is 5.32 Å². The maximum absolute atomic E-state index is 10.6. The minimum atomic E-state index is -0.422. The number of hydrogen-bond donors (Lipinski definition) is 1. The van der Waals surface area contributed by atoms with Crippen molar-refractivity contribution in [1.82, 2.24) is 4.98 Å². The van der Waals surface area contributed by atoms with Crippen LogP contribution in [0.4, 0.5) is 11.5 Å². The predicted molar refractivity (Wildman–Crippen MR) is 72.9 cm³/mol. The number of rotatable bonds is 7. The molecule has 1 aromatic rings. The molecule has 5 heteroatoms. The molecule has 5 nitrogen and oxygen atoms in total. The molecular weight excluding hydrogens is 230 g/mol. The Balaban J connectivity index is 2.59. The maximum atomic E-state index is 10.6. The van der Waals surface area contributed by atoms with Gasteiger partial charge in [0.25, 0.3) is 5.69 Å². The summed E-state index contributed by atoms with van der Waals surface area (Å²) in [7, 11) is 0. The van der Waals surface area contributed by atoms with E-state index in [1.54, 1.807) is 6.07 Å². The van der Waals surface area contributed by atoms with E-state index in [2.05, 4.69) is 24.1 Å². The number of unbranched alkanes of at least 4 members (excludes halogenated alkanes) is 2. The summed E-state index contributed by atoms with van der Waals surface area (Å²) in [5, 5.41) is 13.9. The highest BCUT2D eigenvalue weighted by atomic mass is 16.6. The van der Waals surface area contributed by atoms with E-state index in [0.29, 0.717) is 6.04 Å². The number of nitrogens with one attached hydrogen (secondary N) is 1. The van der Waals surface area contributed by atoms with E-state index in [1.165, 1.54) is 25.5 Å². The zero-order chi connectivity index (χ0) is 13.5. The van der Waals surface area contributed by atoms with Crippen molar-refractivity contribution in [3.05, 3.63) is 27.9 Å². The number of aromatic nitrogens is 1. The van der Waals surface area contributed by atoms with Crippen LogP contribution in [0.15, 0.2) is 12.3 Å². The molecule has 0 aliphatic heterocycles. The summed E-state index contributed by atoms with van der Waals surface area (Å²) in [4.78, 5) is 14.3. The van der Waals surface area contributed by atoms with Gasteiger partial charge in [0.2, 0.25) is 0 Å². The summed E-state index contributed by atoms with van der Waals surface area (Å²) in [6, 6.07) is 1.89. The number of anilines is 1. The molecule has 18 heavy (non-hydrogen) atoms. The molecule has 1 rings (SSSR count). The minimum Gasteiger partial charge on any atom is -0.367 e. The summed E-state index contributed by atoms with van der Waals surface area (Å²) < 4.78 is 0. The Labute approximate surface area is 108 Å². The van der Waals surface area contributed by atoms with Crippen LogP contribution in [-0.2, 0) is 0 Å². The van der Waals surface area contributed by atoms with Crippen LogP contribution in [0.3, 0.4) is 0 Å². The van der Waals surface area contributed by atoms with Gasteiger partial charge in [-0.25, -0.2) is 4.98 Å². The van der Waals surface area contributed by atoms with E-state index in [4.69, 9.17) is 0 Å². The van der Waals surface area contributed by atoms with E-state index in [0.717, 1.165) is 17.8 Å². The first-order valence-corrected chi connectivity index (χ1v) is 6.42. The third-order valence-electron chi connectivity index (χ3n) is 2.90. The SMILES string of the molecule is CCCCCC(C)Nc1ncc([N+](=O)[O-])cc1C. The number of pyridine rings is 1. The second kappa shape index (κ2) is 6.93. The van der Waals surface area contributed by atoms with Gasteiger partial charge in [0.15, 0.2) is 0 Å². The highest BCUT2D eigenvalue weighted by molar-refractivity contribution is 5.48. The number of nitro groups is 1. The first-order valence-electron chi connectivity index (χ1n) is 6.42. The van der Waals surface area contributed by atoms with Crippen LogP contribution >= 0.6 is 0 Å². The molecule has 1 aromatic heterocycles. The molecule has 0 aliphatic rings. The second-order valence-electron chi connectivity index (χ2n) is 4.66. The Morgan fingerprint density at radius 1 is 1.50 bits per heavy atom. The fourth-order valence-electron chi connectivity index (χ4n) is 1.82. The van der Waals surface area contributed by atoms with Gasteiger partial charge in [0.05, 0.1) is 4.92 Å². The Hall–Kier alpha value is -1.65. The molecule has 0 amide bonds. The second-order valence-corrected chi connectivity index (χ2v) is 4.66. The van der Waals surface area contributed by atoms with Crippen molar-refractivity contribution < 1.29 is 4.92 Å². The minimum absolute atomic E-state index is 0.0386. The zero-order valence-corrected chi connectivity index (χ0v) is 11.3. The van der Waals surface area contributed by atoms with Crippen molar-refractivity contribution in [2.75, 3.05) is 5.32 Å². The molecular formula is C13H21N3O2. The zero-order valence-electron chi connectivity index (χ0n) is 11.3.